The lowest BCUT2D eigenvalue weighted by molar-refractivity contribution is -0.124. The number of carbonyl (C=O) groups is 1. The van der Waals surface area contributed by atoms with Gasteiger partial charge in [0.15, 0.2) is 6.61 Å². The zero-order valence-electron chi connectivity index (χ0n) is 15.3. The van der Waals surface area contributed by atoms with Crippen molar-refractivity contribution in [2.75, 3.05) is 6.61 Å². The van der Waals surface area contributed by atoms with Crippen LogP contribution in [0.4, 0.5) is 0 Å². The molecule has 0 radical (unpaired) electrons. The van der Waals surface area contributed by atoms with E-state index in [-0.39, 0.29) is 18.6 Å². The Bertz CT molecular complexity index is 717. The number of para-hydroxylation sites is 1. The Balaban J connectivity index is 1.62. The molecule has 2 aromatic carbocycles. The van der Waals surface area contributed by atoms with Gasteiger partial charge in [0.05, 0.1) is 6.04 Å². The Morgan fingerprint density at radius 3 is 2.44 bits per heavy atom. The fraction of sp³-hybridized carbons (Fsp3) is 0.409. The molecule has 1 aliphatic rings. The third-order valence-corrected chi connectivity index (χ3v) is 4.75. The molecule has 0 bridgehead atoms. The number of hydrogen-bond donors (Lipinski definition) is 1. The maximum Gasteiger partial charge on any atom is 0.258 e. The van der Waals surface area contributed by atoms with Crippen LogP contribution in [0.5, 0.6) is 5.75 Å². The summed E-state index contributed by atoms with van der Waals surface area (Å²) in [6.45, 7) is 6.39. The van der Waals surface area contributed by atoms with E-state index in [9.17, 15) is 4.79 Å². The molecule has 3 heteroatoms. The van der Waals surface area contributed by atoms with E-state index in [4.69, 9.17) is 4.74 Å². The molecule has 0 aliphatic heterocycles. The minimum absolute atomic E-state index is 0.0544. The molecule has 1 amide bonds. The molecule has 25 heavy (non-hydrogen) atoms. The predicted octanol–water partition coefficient (Wildman–Crippen LogP) is 4.76. The third kappa shape index (κ3) is 4.62. The lowest BCUT2D eigenvalue weighted by Gasteiger charge is -2.20. The van der Waals surface area contributed by atoms with Gasteiger partial charge in [-0.05, 0) is 48.8 Å². The quantitative estimate of drug-likeness (QED) is 0.791. The summed E-state index contributed by atoms with van der Waals surface area (Å²) < 4.78 is 5.80. The minimum Gasteiger partial charge on any atom is -0.483 e. The van der Waals surface area contributed by atoms with Crippen LogP contribution in [-0.2, 0) is 4.79 Å². The van der Waals surface area contributed by atoms with Crippen molar-refractivity contribution < 1.29 is 9.53 Å². The maximum absolute atomic E-state index is 12.4. The van der Waals surface area contributed by atoms with Gasteiger partial charge in [-0.3, -0.25) is 4.79 Å². The Kier molecular flexibility index (Phi) is 5.42. The second kappa shape index (κ2) is 7.73. The number of nitrogens with one attached hydrogen (secondary N) is 1. The Morgan fingerprint density at radius 2 is 1.80 bits per heavy atom. The third-order valence-electron chi connectivity index (χ3n) is 4.75. The van der Waals surface area contributed by atoms with Crippen molar-refractivity contribution in [2.45, 2.75) is 45.6 Å². The van der Waals surface area contributed by atoms with Crippen molar-refractivity contribution in [3.8, 4) is 5.75 Å². The smallest absolute Gasteiger partial charge is 0.258 e. The summed E-state index contributed by atoms with van der Waals surface area (Å²) in [6, 6.07) is 16.5. The molecular formula is C22H27NO2. The Morgan fingerprint density at radius 1 is 1.12 bits per heavy atom. The van der Waals surface area contributed by atoms with Gasteiger partial charge in [0.2, 0.25) is 0 Å². The van der Waals surface area contributed by atoms with E-state index in [1.165, 1.54) is 24.0 Å². The largest absolute Gasteiger partial charge is 0.483 e. The van der Waals surface area contributed by atoms with Crippen LogP contribution in [0.3, 0.4) is 0 Å². The van der Waals surface area contributed by atoms with E-state index in [1.807, 2.05) is 18.2 Å². The van der Waals surface area contributed by atoms with Crippen LogP contribution < -0.4 is 10.1 Å². The number of aryl methyl sites for hydroxylation is 1. The van der Waals surface area contributed by atoms with Crippen molar-refractivity contribution in [2.24, 2.45) is 5.92 Å². The number of hydrogen-bond acceptors (Lipinski definition) is 2. The average Bonchev–Trinajstić information content (AvgIpc) is 3.44. The number of carbonyl (C=O) groups excluding carboxylic acids is 1. The lowest BCUT2D eigenvalue weighted by Crippen LogP contribution is -2.33. The summed E-state index contributed by atoms with van der Waals surface area (Å²) in [5.74, 6) is 1.66. The Hall–Kier alpha value is -2.29. The van der Waals surface area contributed by atoms with Crippen LogP contribution >= 0.6 is 0 Å². The van der Waals surface area contributed by atoms with Gasteiger partial charge in [0.1, 0.15) is 5.75 Å². The van der Waals surface area contributed by atoms with Crippen molar-refractivity contribution in [1.82, 2.24) is 5.32 Å². The first-order valence-corrected chi connectivity index (χ1v) is 9.12. The van der Waals surface area contributed by atoms with E-state index >= 15 is 0 Å². The van der Waals surface area contributed by atoms with Gasteiger partial charge in [-0.15, -0.1) is 0 Å². The number of amides is 1. The number of benzene rings is 2. The average molecular weight is 337 g/mol. The van der Waals surface area contributed by atoms with Gasteiger partial charge in [-0.2, -0.15) is 0 Å². The highest BCUT2D eigenvalue weighted by molar-refractivity contribution is 5.78. The zero-order chi connectivity index (χ0) is 17.8. The van der Waals surface area contributed by atoms with Crippen LogP contribution in [0.2, 0.25) is 0 Å². The molecule has 1 aliphatic carbocycles. The molecule has 1 N–H and O–H groups in total. The van der Waals surface area contributed by atoms with Crippen molar-refractivity contribution in [1.29, 1.82) is 0 Å². The summed E-state index contributed by atoms with van der Waals surface area (Å²) in [7, 11) is 0. The summed E-state index contributed by atoms with van der Waals surface area (Å²) in [6.07, 6.45) is 2.35. The topological polar surface area (TPSA) is 38.3 Å². The molecule has 3 nitrogen and oxygen atoms in total. The summed E-state index contributed by atoms with van der Waals surface area (Å²) in [5.41, 5.74) is 3.55. The van der Waals surface area contributed by atoms with Gasteiger partial charge >= 0.3 is 0 Å². The monoisotopic (exact) mass is 337 g/mol. The fourth-order valence-corrected chi connectivity index (χ4v) is 3.12. The molecule has 0 heterocycles. The van der Waals surface area contributed by atoms with Crippen LogP contribution in [0.25, 0.3) is 0 Å². The van der Waals surface area contributed by atoms with E-state index < -0.39 is 0 Å². The highest BCUT2D eigenvalue weighted by Crippen LogP contribution is 2.41. The Labute approximate surface area is 150 Å². The maximum atomic E-state index is 12.4. The van der Waals surface area contributed by atoms with Gasteiger partial charge in [0, 0.05) is 0 Å². The SMILES string of the molecule is Cc1ccc(C(NC(=O)COc2ccccc2C(C)C)C2CC2)cc1. The molecule has 132 valence electrons. The van der Waals surface area contributed by atoms with Gasteiger partial charge in [0.25, 0.3) is 5.91 Å². The molecular weight excluding hydrogens is 310 g/mol. The second-order valence-corrected chi connectivity index (χ2v) is 7.27. The van der Waals surface area contributed by atoms with Crippen LogP contribution in [0.15, 0.2) is 48.5 Å². The first-order valence-electron chi connectivity index (χ1n) is 9.12. The molecule has 1 unspecified atom stereocenters. The van der Waals surface area contributed by atoms with Crippen LogP contribution in [0, 0.1) is 12.8 Å². The van der Waals surface area contributed by atoms with Crippen LogP contribution in [-0.4, -0.2) is 12.5 Å². The van der Waals surface area contributed by atoms with E-state index in [0.717, 1.165) is 11.3 Å². The van der Waals surface area contributed by atoms with E-state index in [0.29, 0.717) is 11.8 Å². The molecule has 1 atom stereocenters. The molecule has 2 aromatic rings. The van der Waals surface area contributed by atoms with Crippen molar-refractivity contribution >= 4 is 5.91 Å². The highest BCUT2D eigenvalue weighted by atomic mass is 16.5. The summed E-state index contributed by atoms with van der Waals surface area (Å²) in [4.78, 5) is 12.4. The van der Waals surface area contributed by atoms with Crippen molar-refractivity contribution in [3.05, 3.63) is 65.2 Å². The number of ether oxygens (including phenoxy) is 1. The standard InChI is InChI=1S/C22H27NO2/c1-15(2)19-6-4-5-7-20(19)25-14-21(24)23-22(18-12-13-18)17-10-8-16(3)9-11-17/h4-11,15,18,22H,12-14H2,1-3H3,(H,23,24). The summed E-state index contributed by atoms with van der Waals surface area (Å²) in [5, 5.41) is 3.17. The first-order chi connectivity index (χ1) is 12.0. The van der Waals surface area contributed by atoms with Gasteiger partial charge in [-0.25, -0.2) is 0 Å². The fourth-order valence-electron chi connectivity index (χ4n) is 3.12. The first kappa shape index (κ1) is 17.5. The van der Waals surface area contributed by atoms with Gasteiger partial charge < -0.3 is 10.1 Å². The van der Waals surface area contributed by atoms with Gasteiger partial charge in [-0.1, -0.05) is 61.9 Å². The highest BCUT2D eigenvalue weighted by Gasteiger charge is 2.33. The second-order valence-electron chi connectivity index (χ2n) is 7.27. The van der Waals surface area contributed by atoms with E-state index in [2.05, 4.69) is 56.4 Å². The lowest BCUT2D eigenvalue weighted by atomic mass is 10.0. The minimum atomic E-state index is -0.0592. The molecule has 3 rings (SSSR count). The molecule has 0 spiro atoms. The molecule has 1 fully saturated rings. The van der Waals surface area contributed by atoms with E-state index in [1.54, 1.807) is 0 Å². The molecule has 0 saturated heterocycles. The summed E-state index contributed by atoms with van der Waals surface area (Å²) >= 11 is 0. The number of rotatable bonds is 7. The van der Waals surface area contributed by atoms with Crippen LogP contribution in [0.1, 0.15) is 55.3 Å². The zero-order valence-corrected chi connectivity index (χ0v) is 15.3. The molecule has 1 saturated carbocycles. The predicted molar refractivity (Wildman–Crippen MR) is 101 cm³/mol. The van der Waals surface area contributed by atoms with Crippen molar-refractivity contribution in [3.63, 3.8) is 0 Å². The molecule has 0 aromatic heterocycles. The normalized spacial score (nSPS) is 15.0.